The van der Waals surface area contributed by atoms with Gasteiger partial charge < -0.3 is 20.6 Å². The van der Waals surface area contributed by atoms with E-state index in [4.69, 9.17) is 10.1 Å². The molecule has 1 saturated heterocycles. The third kappa shape index (κ3) is 6.24. The zero-order valence-corrected chi connectivity index (χ0v) is 20.9. The van der Waals surface area contributed by atoms with Crippen molar-refractivity contribution in [3.05, 3.63) is 53.7 Å². The molecule has 3 aromatic rings. The minimum absolute atomic E-state index is 0.00401. The molecule has 0 amide bonds. The average Bonchev–Trinajstić information content (AvgIpc) is 3.23. The van der Waals surface area contributed by atoms with E-state index >= 15 is 0 Å². The number of halogens is 1. The lowest BCUT2D eigenvalue weighted by molar-refractivity contribution is -0.156. The smallest absolute Gasteiger partial charge is 0.306 e. The summed E-state index contributed by atoms with van der Waals surface area (Å²) in [5, 5.41) is 24.4. The van der Waals surface area contributed by atoms with Crippen molar-refractivity contribution in [1.29, 1.82) is 5.41 Å². The van der Waals surface area contributed by atoms with Crippen LogP contribution in [0.5, 0.6) is 0 Å². The molecule has 1 aliphatic heterocycles. The molecule has 2 aromatic heterocycles. The number of rotatable bonds is 8. The Labute approximate surface area is 209 Å². The van der Waals surface area contributed by atoms with Gasteiger partial charge in [-0.1, -0.05) is 6.07 Å². The predicted octanol–water partition coefficient (Wildman–Crippen LogP) is 3.92. The van der Waals surface area contributed by atoms with Crippen LogP contribution in [-0.4, -0.2) is 61.6 Å². The molecule has 1 fully saturated rings. The molecule has 0 radical (unpaired) electrons. The van der Waals surface area contributed by atoms with Gasteiger partial charge >= 0.3 is 5.97 Å². The first-order chi connectivity index (χ1) is 17.1. The second-order valence-corrected chi connectivity index (χ2v) is 10.2. The van der Waals surface area contributed by atoms with Crippen molar-refractivity contribution < 1.29 is 19.0 Å². The molecule has 3 heterocycles. The first kappa shape index (κ1) is 25.7. The number of hydrogen-bond donors (Lipinski definition) is 3. The molecular formula is C26H33FN6O3. The Morgan fingerprint density at radius 3 is 2.72 bits per heavy atom. The molecule has 192 valence electrons. The maximum absolute atomic E-state index is 14.6. The fourth-order valence-electron chi connectivity index (χ4n) is 4.47. The Hall–Kier alpha value is -3.37. The van der Waals surface area contributed by atoms with Gasteiger partial charge in [0.15, 0.2) is 5.82 Å². The monoisotopic (exact) mass is 496 g/mol. The minimum Gasteiger partial charge on any atom is -0.460 e. The topological polar surface area (TPSA) is 116 Å². The number of nitrogens with zero attached hydrogens (tertiary/aromatic N) is 4. The van der Waals surface area contributed by atoms with Gasteiger partial charge in [0.25, 0.3) is 0 Å². The number of ether oxygens (including phenoxy) is 1. The summed E-state index contributed by atoms with van der Waals surface area (Å²) in [6, 6.07) is 6.20. The van der Waals surface area contributed by atoms with Crippen LogP contribution in [0.2, 0.25) is 0 Å². The Kier molecular flexibility index (Phi) is 7.65. The van der Waals surface area contributed by atoms with Crippen LogP contribution in [0.15, 0.2) is 36.8 Å². The zero-order chi connectivity index (χ0) is 25.9. The van der Waals surface area contributed by atoms with E-state index < -0.39 is 18.0 Å². The van der Waals surface area contributed by atoms with Crippen molar-refractivity contribution in [2.75, 3.05) is 25.0 Å². The summed E-state index contributed by atoms with van der Waals surface area (Å²) in [6.07, 6.45) is 5.53. The van der Waals surface area contributed by atoms with Gasteiger partial charge in [0.1, 0.15) is 23.3 Å². The highest BCUT2D eigenvalue weighted by Crippen LogP contribution is 2.28. The summed E-state index contributed by atoms with van der Waals surface area (Å²) >= 11 is 0. The Morgan fingerprint density at radius 1 is 1.28 bits per heavy atom. The normalized spacial score (nSPS) is 15.2. The Morgan fingerprint density at radius 2 is 2.03 bits per heavy atom. The molecule has 0 aliphatic carbocycles. The van der Waals surface area contributed by atoms with E-state index in [1.165, 1.54) is 24.5 Å². The second-order valence-electron chi connectivity index (χ2n) is 10.2. The number of aromatic nitrogens is 3. The van der Waals surface area contributed by atoms with E-state index in [1.54, 1.807) is 4.52 Å². The summed E-state index contributed by atoms with van der Waals surface area (Å²) in [4.78, 5) is 18.9. The molecule has 4 rings (SSSR count). The number of hydrogen-bond acceptors (Lipinski definition) is 8. The van der Waals surface area contributed by atoms with Crippen molar-refractivity contribution in [3.8, 4) is 0 Å². The van der Waals surface area contributed by atoms with Crippen molar-refractivity contribution in [1.82, 2.24) is 19.5 Å². The number of piperidine rings is 1. The minimum atomic E-state index is -0.485. The number of nitrogens with one attached hydrogen (secondary N) is 2. The van der Waals surface area contributed by atoms with Crippen molar-refractivity contribution in [2.24, 2.45) is 5.92 Å². The molecular weight excluding hydrogens is 463 g/mol. The lowest BCUT2D eigenvalue weighted by Crippen LogP contribution is -2.34. The van der Waals surface area contributed by atoms with Crippen LogP contribution >= 0.6 is 0 Å². The fraction of sp³-hybridized carbons (Fsp3) is 0.462. The van der Waals surface area contributed by atoms with E-state index in [9.17, 15) is 14.3 Å². The average molecular weight is 497 g/mol. The summed E-state index contributed by atoms with van der Waals surface area (Å²) in [7, 11) is 0. The highest BCUT2D eigenvalue weighted by Gasteiger charge is 2.25. The van der Waals surface area contributed by atoms with Crippen LogP contribution < -0.4 is 5.32 Å². The van der Waals surface area contributed by atoms with Crippen molar-refractivity contribution in [3.63, 3.8) is 0 Å². The highest BCUT2D eigenvalue weighted by atomic mass is 19.1. The van der Waals surface area contributed by atoms with Crippen LogP contribution in [0, 0.1) is 17.1 Å². The number of anilines is 2. The molecule has 0 unspecified atom stereocenters. The summed E-state index contributed by atoms with van der Waals surface area (Å²) in [6.45, 7) is 7.62. The lowest BCUT2D eigenvalue weighted by atomic mass is 9.93. The maximum Gasteiger partial charge on any atom is 0.306 e. The molecule has 1 aromatic carbocycles. The number of aliphatic hydroxyl groups excluding tert-OH is 1. The molecule has 0 bridgehead atoms. The number of fused-ring (bicyclic) bond motifs is 1. The van der Waals surface area contributed by atoms with Gasteiger partial charge in [-0.3, -0.25) is 9.69 Å². The van der Waals surface area contributed by atoms with Crippen LogP contribution in [0.3, 0.4) is 0 Å². The zero-order valence-electron chi connectivity index (χ0n) is 20.9. The molecule has 0 atom stereocenters. The molecule has 36 heavy (non-hydrogen) atoms. The molecule has 9 nitrogen and oxygen atoms in total. The number of benzene rings is 1. The summed E-state index contributed by atoms with van der Waals surface area (Å²) < 4.78 is 21.7. The number of aliphatic hydroxyl groups is 1. The molecule has 3 N–H and O–H groups in total. The van der Waals surface area contributed by atoms with Crippen molar-refractivity contribution in [2.45, 2.75) is 52.2 Å². The van der Waals surface area contributed by atoms with Gasteiger partial charge in [-0.15, -0.1) is 0 Å². The van der Waals surface area contributed by atoms with E-state index in [-0.39, 0.29) is 17.4 Å². The predicted molar refractivity (Wildman–Crippen MR) is 135 cm³/mol. The van der Waals surface area contributed by atoms with E-state index in [1.807, 2.05) is 33.0 Å². The third-order valence-corrected chi connectivity index (χ3v) is 6.24. The lowest BCUT2D eigenvalue weighted by Gasteiger charge is -2.32. The van der Waals surface area contributed by atoms with Gasteiger partial charge in [-0.2, -0.15) is 5.10 Å². The standard InChI is InChI=1S/C26H33FN6O3/c1-26(2,3)36-23(35)12-17-6-9-32(10-7-17)14-19-8-11-33-24(19)25(29-16-30-33)31-22-13-18(21(28)15-34)4-5-20(22)27/h4-5,8,11,13,16-17,28,34H,6-7,9-10,12,14-15H2,1-3H3,(H,29,30,31). The fourth-order valence-corrected chi connectivity index (χ4v) is 4.47. The first-order valence-corrected chi connectivity index (χ1v) is 12.1. The van der Waals surface area contributed by atoms with E-state index in [0.717, 1.165) is 37.0 Å². The summed E-state index contributed by atoms with van der Waals surface area (Å²) in [5.74, 6) is 0.144. The van der Waals surface area contributed by atoms with Crippen LogP contribution in [-0.2, 0) is 16.1 Å². The number of carbonyl (C=O) groups is 1. The number of esters is 1. The molecule has 1 aliphatic rings. The highest BCUT2D eigenvalue weighted by molar-refractivity contribution is 6.00. The van der Waals surface area contributed by atoms with Gasteiger partial charge in [-0.05, 0) is 81.9 Å². The van der Waals surface area contributed by atoms with E-state index in [2.05, 4.69) is 20.3 Å². The van der Waals surface area contributed by atoms with Crippen molar-refractivity contribution >= 4 is 28.7 Å². The molecule has 0 saturated carbocycles. The quantitative estimate of drug-likeness (QED) is 0.320. The van der Waals surface area contributed by atoms with Gasteiger partial charge in [0.05, 0.1) is 18.0 Å². The first-order valence-electron chi connectivity index (χ1n) is 12.1. The second kappa shape index (κ2) is 10.7. The Balaban J connectivity index is 1.45. The maximum atomic E-state index is 14.6. The SMILES string of the molecule is CC(C)(C)OC(=O)CC1CCN(Cc2ccn3ncnc(Nc4cc(C(=N)CO)ccc4F)c23)CC1. The van der Waals surface area contributed by atoms with Crippen LogP contribution in [0.4, 0.5) is 15.9 Å². The number of carbonyl (C=O) groups excluding carboxylic acids is 1. The van der Waals surface area contributed by atoms with Crippen LogP contribution in [0.1, 0.15) is 51.2 Å². The Bertz CT molecular complexity index is 1240. The molecule has 10 heteroatoms. The van der Waals surface area contributed by atoms with Gasteiger partial charge in [0.2, 0.25) is 0 Å². The summed E-state index contributed by atoms with van der Waals surface area (Å²) in [5.41, 5.74) is 1.88. The third-order valence-electron chi connectivity index (χ3n) is 6.24. The van der Waals surface area contributed by atoms with Crippen LogP contribution in [0.25, 0.3) is 5.52 Å². The van der Waals surface area contributed by atoms with E-state index in [0.29, 0.717) is 30.3 Å². The number of likely N-dealkylation sites (tertiary alicyclic amines) is 1. The van der Waals surface area contributed by atoms with Gasteiger partial charge in [-0.25, -0.2) is 13.9 Å². The molecule has 0 spiro atoms. The van der Waals surface area contributed by atoms with Gasteiger partial charge in [0, 0.05) is 19.2 Å². The largest absolute Gasteiger partial charge is 0.460 e.